The standard InChI is InChI=1S/C13H22N4O2S/c1-3-8-17-10-13(16-11(17)2)20(18,19)15-9-12-4-6-14-7-5-12/h4,10,14-15H,3,5-9H2,1-2H3. The SMILES string of the molecule is CCCn1cc(S(=O)(=O)NCC2=CCNCC2)nc1C. The Morgan fingerprint density at radius 1 is 1.50 bits per heavy atom. The van der Waals surface area contributed by atoms with Crippen LogP contribution in [-0.2, 0) is 16.6 Å². The van der Waals surface area contributed by atoms with Crippen molar-refractivity contribution in [2.75, 3.05) is 19.6 Å². The Hall–Kier alpha value is -1.18. The number of sulfonamides is 1. The lowest BCUT2D eigenvalue weighted by molar-refractivity contribution is 0.578. The molecule has 6 nitrogen and oxygen atoms in total. The van der Waals surface area contributed by atoms with Crippen molar-refractivity contribution in [1.29, 1.82) is 0 Å². The number of nitrogens with zero attached hydrogens (tertiary/aromatic N) is 2. The predicted octanol–water partition coefficient (Wildman–Crippen LogP) is 0.800. The van der Waals surface area contributed by atoms with Crippen molar-refractivity contribution in [2.45, 2.75) is 38.3 Å². The Morgan fingerprint density at radius 2 is 2.30 bits per heavy atom. The molecular formula is C13H22N4O2S. The van der Waals surface area contributed by atoms with Crippen LogP contribution < -0.4 is 10.0 Å². The van der Waals surface area contributed by atoms with Gasteiger partial charge in [-0.3, -0.25) is 0 Å². The summed E-state index contributed by atoms with van der Waals surface area (Å²) in [6.45, 7) is 6.73. The molecule has 1 aromatic rings. The first-order valence-corrected chi connectivity index (χ1v) is 8.43. The number of nitrogens with one attached hydrogen (secondary N) is 2. The van der Waals surface area contributed by atoms with Crippen LogP contribution in [0.5, 0.6) is 0 Å². The molecule has 1 aliphatic rings. The highest BCUT2D eigenvalue weighted by Crippen LogP contribution is 2.11. The van der Waals surface area contributed by atoms with Gasteiger partial charge in [0.1, 0.15) is 5.82 Å². The van der Waals surface area contributed by atoms with E-state index in [4.69, 9.17) is 0 Å². The fourth-order valence-electron chi connectivity index (χ4n) is 2.17. The molecule has 0 amide bonds. The van der Waals surface area contributed by atoms with Crippen molar-refractivity contribution < 1.29 is 8.42 Å². The molecule has 1 aromatic heterocycles. The lowest BCUT2D eigenvalue weighted by atomic mass is 10.1. The molecule has 0 atom stereocenters. The molecule has 20 heavy (non-hydrogen) atoms. The molecule has 2 N–H and O–H groups in total. The third-order valence-corrected chi connectivity index (χ3v) is 4.61. The lowest BCUT2D eigenvalue weighted by Gasteiger charge is -2.14. The van der Waals surface area contributed by atoms with Gasteiger partial charge in [-0.05, 0) is 26.3 Å². The number of hydrogen-bond donors (Lipinski definition) is 2. The molecule has 2 heterocycles. The molecule has 0 aromatic carbocycles. The summed E-state index contributed by atoms with van der Waals surface area (Å²) >= 11 is 0. The zero-order chi connectivity index (χ0) is 14.6. The van der Waals surface area contributed by atoms with Gasteiger partial charge >= 0.3 is 0 Å². The summed E-state index contributed by atoms with van der Waals surface area (Å²) in [5.41, 5.74) is 1.12. The predicted molar refractivity (Wildman–Crippen MR) is 78.0 cm³/mol. The number of imidazole rings is 1. The number of aryl methyl sites for hydroxylation is 2. The van der Waals surface area contributed by atoms with Crippen molar-refractivity contribution in [3.63, 3.8) is 0 Å². The molecule has 1 aliphatic heterocycles. The third kappa shape index (κ3) is 3.68. The highest BCUT2D eigenvalue weighted by Gasteiger charge is 2.19. The highest BCUT2D eigenvalue weighted by atomic mass is 32.2. The van der Waals surface area contributed by atoms with Gasteiger partial charge in [-0.15, -0.1) is 0 Å². The van der Waals surface area contributed by atoms with Gasteiger partial charge in [-0.2, -0.15) is 0 Å². The molecular weight excluding hydrogens is 276 g/mol. The summed E-state index contributed by atoms with van der Waals surface area (Å²) < 4.78 is 28.9. The molecule has 0 radical (unpaired) electrons. The van der Waals surface area contributed by atoms with E-state index in [-0.39, 0.29) is 5.03 Å². The van der Waals surface area contributed by atoms with E-state index in [1.54, 1.807) is 6.20 Å². The van der Waals surface area contributed by atoms with Gasteiger partial charge in [0, 0.05) is 25.8 Å². The van der Waals surface area contributed by atoms with Gasteiger partial charge in [-0.25, -0.2) is 18.1 Å². The van der Waals surface area contributed by atoms with E-state index in [0.717, 1.165) is 43.9 Å². The minimum atomic E-state index is -3.52. The normalized spacial score (nSPS) is 16.2. The first-order chi connectivity index (χ1) is 9.53. The van der Waals surface area contributed by atoms with E-state index in [1.165, 1.54) is 0 Å². The largest absolute Gasteiger partial charge is 0.334 e. The van der Waals surface area contributed by atoms with Crippen LogP contribution in [0.2, 0.25) is 0 Å². The number of aromatic nitrogens is 2. The second-order valence-electron chi connectivity index (χ2n) is 4.96. The number of hydrogen-bond acceptors (Lipinski definition) is 4. The molecule has 0 saturated heterocycles. The minimum absolute atomic E-state index is 0.109. The van der Waals surface area contributed by atoms with Crippen LogP contribution in [-0.4, -0.2) is 37.6 Å². The average molecular weight is 298 g/mol. The zero-order valence-electron chi connectivity index (χ0n) is 12.0. The Balaban J connectivity index is 2.06. The van der Waals surface area contributed by atoms with Crippen LogP contribution >= 0.6 is 0 Å². The van der Waals surface area contributed by atoms with E-state index < -0.39 is 10.0 Å². The molecule has 2 rings (SSSR count). The smallest absolute Gasteiger partial charge is 0.259 e. The van der Waals surface area contributed by atoms with E-state index in [1.807, 2.05) is 17.6 Å². The maximum absolute atomic E-state index is 12.2. The second kappa shape index (κ2) is 6.51. The zero-order valence-corrected chi connectivity index (χ0v) is 12.8. The molecule has 0 fully saturated rings. The first kappa shape index (κ1) is 15.2. The van der Waals surface area contributed by atoms with Crippen LogP contribution in [0.1, 0.15) is 25.6 Å². The Labute approximate surface area is 120 Å². The van der Waals surface area contributed by atoms with Crippen molar-refractivity contribution in [3.05, 3.63) is 23.7 Å². The van der Waals surface area contributed by atoms with Gasteiger partial charge in [-0.1, -0.05) is 18.6 Å². The quantitative estimate of drug-likeness (QED) is 0.762. The van der Waals surface area contributed by atoms with Crippen LogP contribution in [0.15, 0.2) is 22.9 Å². The molecule has 7 heteroatoms. The average Bonchev–Trinajstić information content (AvgIpc) is 2.81. The van der Waals surface area contributed by atoms with Gasteiger partial charge in [0.15, 0.2) is 5.03 Å². The fourth-order valence-corrected chi connectivity index (χ4v) is 3.21. The van der Waals surface area contributed by atoms with Crippen LogP contribution in [0.4, 0.5) is 0 Å². The van der Waals surface area contributed by atoms with Gasteiger partial charge in [0.05, 0.1) is 0 Å². The monoisotopic (exact) mass is 298 g/mol. The first-order valence-electron chi connectivity index (χ1n) is 6.95. The van der Waals surface area contributed by atoms with E-state index in [9.17, 15) is 8.42 Å². The van der Waals surface area contributed by atoms with Crippen molar-refractivity contribution in [1.82, 2.24) is 19.6 Å². The third-order valence-electron chi connectivity index (χ3n) is 3.34. The van der Waals surface area contributed by atoms with Gasteiger partial charge in [0.2, 0.25) is 0 Å². The Morgan fingerprint density at radius 3 is 2.95 bits per heavy atom. The van der Waals surface area contributed by atoms with Crippen LogP contribution in [0.25, 0.3) is 0 Å². The van der Waals surface area contributed by atoms with Crippen molar-refractivity contribution in [3.8, 4) is 0 Å². The maximum atomic E-state index is 12.2. The molecule has 0 unspecified atom stereocenters. The fraction of sp³-hybridized carbons (Fsp3) is 0.615. The second-order valence-corrected chi connectivity index (χ2v) is 6.67. The summed E-state index contributed by atoms with van der Waals surface area (Å²) in [5.74, 6) is 0.730. The summed E-state index contributed by atoms with van der Waals surface area (Å²) in [4.78, 5) is 4.15. The van der Waals surface area contributed by atoms with Crippen LogP contribution in [0.3, 0.4) is 0 Å². The van der Waals surface area contributed by atoms with Gasteiger partial charge < -0.3 is 9.88 Å². The lowest BCUT2D eigenvalue weighted by Crippen LogP contribution is -2.29. The molecule has 0 spiro atoms. The minimum Gasteiger partial charge on any atom is -0.334 e. The molecule has 0 aliphatic carbocycles. The summed E-state index contributed by atoms with van der Waals surface area (Å²) in [5, 5.41) is 3.31. The van der Waals surface area contributed by atoms with Crippen molar-refractivity contribution >= 4 is 10.0 Å². The summed E-state index contributed by atoms with van der Waals surface area (Å²) in [6, 6.07) is 0. The Kier molecular flexibility index (Phi) is 4.95. The molecule has 0 bridgehead atoms. The van der Waals surface area contributed by atoms with E-state index >= 15 is 0 Å². The number of rotatable bonds is 6. The van der Waals surface area contributed by atoms with E-state index in [2.05, 4.69) is 21.9 Å². The van der Waals surface area contributed by atoms with E-state index in [0.29, 0.717) is 6.54 Å². The summed E-state index contributed by atoms with van der Waals surface area (Å²) in [6.07, 6.45) is 5.47. The van der Waals surface area contributed by atoms with Crippen molar-refractivity contribution in [2.24, 2.45) is 0 Å². The van der Waals surface area contributed by atoms with Gasteiger partial charge in [0.25, 0.3) is 10.0 Å². The molecule has 112 valence electrons. The maximum Gasteiger partial charge on any atom is 0.259 e. The molecule has 0 saturated carbocycles. The Bertz CT molecular complexity index is 590. The van der Waals surface area contributed by atoms with Crippen LogP contribution in [0, 0.1) is 6.92 Å². The summed E-state index contributed by atoms with van der Waals surface area (Å²) in [7, 11) is -3.52. The topological polar surface area (TPSA) is 76.0 Å². The highest BCUT2D eigenvalue weighted by molar-refractivity contribution is 7.89.